The zero-order chi connectivity index (χ0) is 15.2. The van der Waals surface area contributed by atoms with E-state index in [0.29, 0.717) is 22.4 Å². The van der Waals surface area contributed by atoms with Crippen molar-refractivity contribution in [3.63, 3.8) is 0 Å². The first-order valence-corrected chi connectivity index (χ1v) is 6.87. The average Bonchev–Trinajstić information content (AvgIpc) is 2.35. The second-order valence-corrected chi connectivity index (χ2v) is 5.04. The molecule has 0 radical (unpaired) electrons. The summed E-state index contributed by atoms with van der Waals surface area (Å²) >= 11 is 3.29. The van der Waals surface area contributed by atoms with Gasteiger partial charge in [-0.2, -0.15) is 13.2 Å². The highest BCUT2D eigenvalue weighted by Gasteiger charge is 2.27. The molecule has 1 atom stereocenters. The molecule has 0 heterocycles. The zero-order valence-corrected chi connectivity index (χ0v) is 12.5. The molecule has 0 aliphatic heterocycles. The normalized spacial score (nSPS) is 13.3. The van der Waals surface area contributed by atoms with Crippen LogP contribution >= 0.6 is 15.9 Å². The second kappa shape index (κ2) is 7.85. The van der Waals surface area contributed by atoms with Crippen molar-refractivity contribution < 1.29 is 27.8 Å². The van der Waals surface area contributed by atoms with Gasteiger partial charge in [-0.15, -0.1) is 0 Å². The first-order chi connectivity index (χ1) is 9.33. The monoisotopic (exact) mass is 356 g/mol. The molecule has 0 saturated heterocycles. The van der Waals surface area contributed by atoms with Crippen LogP contribution in [0.15, 0.2) is 22.7 Å². The van der Waals surface area contributed by atoms with Crippen molar-refractivity contribution in [2.75, 3.05) is 19.8 Å². The van der Waals surface area contributed by atoms with Crippen LogP contribution in [0.5, 0.6) is 5.75 Å². The summed E-state index contributed by atoms with van der Waals surface area (Å²) in [6, 6.07) is 4.85. The number of ether oxygens (including phenoxy) is 2. The van der Waals surface area contributed by atoms with Crippen LogP contribution in [0.1, 0.15) is 25.0 Å². The van der Waals surface area contributed by atoms with Crippen molar-refractivity contribution in [3.8, 4) is 5.75 Å². The lowest BCUT2D eigenvalue weighted by Crippen LogP contribution is -2.19. The quantitative estimate of drug-likeness (QED) is 0.806. The molecule has 114 valence electrons. The fourth-order valence-corrected chi connectivity index (χ4v) is 1.95. The van der Waals surface area contributed by atoms with Gasteiger partial charge < -0.3 is 14.6 Å². The summed E-state index contributed by atoms with van der Waals surface area (Å²) in [6.07, 6.45) is -4.64. The van der Waals surface area contributed by atoms with Gasteiger partial charge in [-0.3, -0.25) is 0 Å². The molecule has 1 N–H and O–H groups in total. The highest BCUT2D eigenvalue weighted by molar-refractivity contribution is 9.10. The van der Waals surface area contributed by atoms with Crippen LogP contribution in [-0.2, 0) is 4.74 Å². The molecular formula is C13H16BrF3O3. The third-order valence-electron chi connectivity index (χ3n) is 2.34. The molecule has 1 unspecified atom stereocenters. The van der Waals surface area contributed by atoms with Gasteiger partial charge in [0.05, 0.1) is 17.7 Å². The third kappa shape index (κ3) is 6.11. The maximum Gasteiger partial charge on any atom is 0.411 e. The number of alkyl halides is 3. The van der Waals surface area contributed by atoms with E-state index in [1.165, 1.54) is 0 Å². The van der Waals surface area contributed by atoms with Crippen LogP contribution in [0.3, 0.4) is 0 Å². The van der Waals surface area contributed by atoms with Crippen LogP contribution in [-0.4, -0.2) is 31.1 Å². The Kier molecular flexibility index (Phi) is 6.78. The average molecular weight is 357 g/mol. The lowest BCUT2D eigenvalue weighted by Gasteiger charge is -2.14. The lowest BCUT2D eigenvalue weighted by atomic mass is 10.1. The number of hydrogen-bond acceptors (Lipinski definition) is 3. The molecule has 0 aromatic heterocycles. The minimum Gasteiger partial charge on any atom is -0.492 e. The predicted molar refractivity (Wildman–Crippen MR) is 71.8 cm³/mol. The highest BCUT2D eigenvalue weighted by Crippen LogP contribution is 2.29. The first kappa shape index (κ1) is 17.3. The first-order valence-electron chi connectivity index (χ1n) is 6.08. The Morgan fingerprint density at radius 3 is 2.60 bits per heavy atom. The Balaban J connectivity index is 2.56. The van der Waals surface area contributed by atoms with E-state index in [-0.39, 0.29) is 0 Å². The molecule has 0 fully saturated rings. The SMILES string of the molecule is CCCOc1ccc(C(O)COCC(F)(F)F)cc1Br. The largest absolute Gasteiger partial charge is 0.492 e. The van der Waals surface area contributed by atoms with E-state index in [0.717, 1.165) is 6.42 Å². The molecular weight excluding hydrogens is 341 g/mol. The summed E-state index contributed by atoms with van der Waals surface area (Å²) in [6.45, 7) is 0.753. The molecule has 1 aromatic carbocycles. The van der Waals surface area contributed by atoms with E-state index in [1.54, 1.807) is 18.2 Å². The van der Waals surface area contributed by atoms with E-state index in [9.17, 15) is 18.3 Å². The number of rotatable bonds is 7. The Hall–Kier alpha value is -0.790. The minimum atomic E-state index is -4.39. The molecule has 20 heavy (non-hydrogen) atoms. The van der Waals surface area contributed by atoms with Gasteiger partial charge in [0.2, 0.25) is 0 Å². The Morgan fingerprint density at radius 1 is 1.35 bits per heavy atom. The van der Waals surface area contributed by atoms with Crippen molar-refractivity contribution in [1.29, 1.82) is 0 Å². The molecule has 0 saturated carbocycles. The molecule has 1 rings (SSSR count). The summed E-state index contributed by atoms with van der Waals surface area (Å²) in [5.74, 6) is 0.624. The van der Waals surface area contributed by atoms with E-state index < -0.39 is 25.5 Å². The summed E-state index contributed by atoms with van der Waals surface area (Å²) in [4.78, 5) is 0. The summed E-state index contributed by atoms with van der Waals surface area (Å²) < 4.78 is 46.2. The standard InChI is InChI=1S/C13H16BrF3O3/c1-2-5-20-12-4-3-9(6-10(12)14)11(18)7-19-8-13(15,16)17/h3-4,6,11,18H,2,5,7-8H2,1H3. The van der Waals surface area contributed by atoms with Crippen molar-refractivity contribution in [1.82, 2.24) is 0 Å². The smallest absolute Gasteiger partial charge is 0.411 e. The molecule has 7 heteroatoms. The fourth-order valence-electron chi connectivity index (χ4n) is 1.44. The van der Waals surface area contributed by atoms with E-state index in [4.69, 9.17) is 4.74 Å². The lowest BCUT2D eigenvalue weighted by molar-refractivity contribution is -0.179. The van der Waals surface area contributed by atoms with Crippen molar-refractivity contribution in [2.45, 2.75) is 25.6 Å². The van der Waals surface area contributed by atoms with Gasteiger partial charge >= 0.3 is 6.18 Å². The van der Waals surface area contributed by atoms with Crippen molar-refractivity contribution in [3.05, 3.63) is 28.2 Å². The van der Waals surface area contributed by atoms with Crippen molar-refractivity contribution in [2.24, 2.45) is 0 Å². The maximum absolute atomic E-state index is 11.9. The van der Waals surface area contributed by atoms with Crippen LogP contribution in [0.25, 0.3) is 0 Å². The third-order valence-corrected chi connectivity index (χ3v) is 2.96. The molecule has 0 spiro atoms. The number of benzene rings is 1. The molecule has 0 aliphatic carbocycles. The van der Waals surface area contributed by atoms with E-state index >= 15 is 0 Å². The zero-order valence-electron chi connectivity index (χ0n) is 10.9. The maximum atomic E-state index is 11.9. The minimum absolute atomic E-state index is 0.416. The number of aliphatic hydroxyl groups is 1. The topological polar surface area (TPSA) is 38.7 Å². The van der Waals surface area contributed by atoms with Gasteiger partial charge in [0.25, 0.3) is 0 Å². The second-order valence-electron chi connectivity index (χ2n) is 4.18. The Morgan fingerprint density at radius 2 is 2.05 bits per heavy atom. The molecule has 0 bridgehead atoms. The summed E-state index contributed by atoms with van der Waals surface area (Å²) in [7, 11) is 0. The number of halogens is 4. The molecule has 1 aromatic rings. The van der Waals surface area contributed by atoms with Gasteiger partial charge in [0.15, 0.2) is 0 Å². The molecule has 0 aliphatic rings. The fraction of sp³-hybridized carbons (Fsp3) is 0.538. The van der Waals surface area contributed by atoms with Crippen LogP contribution in [0, 0.1) is 0 Å². The van der Waals surface area contributed by atoms with Gasteiger partial charge in [0, 0.05) is 0 Å². The van der Waals surface area contributed by atoms with Crippen molar-refractivity contribution >= 4 is 15.9 Å². The Labute approximate surface area is 123 Å². The van der Waals surface area contributed by atoms with Gasteiger partial charge in [-0.25, -0.2) is 0 Å². The van der Waals surface area contributed by atoms with Crippen LogP contribution in [0.4, 0.5) is 13.2 Å². The van der Waals surface area contributed by atoms with E-state index in [1.807, 2.05) is 6.92 Å². The van der Waals surface area contributed by atoms with Gasteiger partial charge in [-0.1, -0.05) is 13.0 Å². The van der Waals surface area contributed by atoms with Crippen LogP contribution < -0.4 is 4.74 Å². The number of hydrogen-bond donors (Lipinski definition) is 1. The predicted octanol–water partition coefficient (Wildman–Crippen LogP) is 3.85. The molecule has 3 nitrogen and oxygen atoms in total. The molecule has 0 amide bonds. The summed E-state index contributed by atoms with van der Waals surface area (Å²) in [5.41, 5.74) is 0.461. The van der Waals surface area contributed by atoms with Gasteiger partial charge in [-0.05, 0) is 40.0 Å². The van der Waals surface area contributed by atoms with Gasteiger partial charge in [0.1, 0.15) is 18.5 Å². The van der Waals surface area contributed by atoms with Crippen LogP contribution in [0.2, 0.25) is 0 Å². The number of aliphatic hydroxyl groups excluding tert-OH is 1. The Bertz CT molecular complexity index is 424. The summed E-state index contributed by atoms with van der Waals surface area (Å²) in [5, 5.41) is 9.75. The highest BCUT2D eigenvalue weighted by atomic mass is 79.9. The van der Waals surface area contributed by atoms with E-state index in [2.05, 4.69) is 20.7 Å².